The van der Waals surface area contributed by atoms with Gasteiger partial charge in [0.25, 0.3) is 0 Å². The molecule has 21 heavy (non-hydrogen) atoms. The Labute approximate surface area is 126 Å². The van der Waals surface area contributed by atoms with Gasteiger partial charge in [0.2, 0.25) is 0 Å². The zero-order chi connectivity index (χ0) is 14.5. The number of aromatic nitrogens is 2. The molecule has 2 atom stereocenters. The monoisotopic (exact) mass is 294 g/mol. The molecule has 0 saturated carbocycles. The minimum atomic E-state index is 0.545. The minimum Gasteiger partial charge on any atom is -0.381 e. The topological polar surface area (TPSA) is 62.4 Å². The van der Waals surface area contributed by atoms with Crippen LogP contribution in [0.3, 0.4) is 0 Å². The molecule has 0 bridgehead atoms. The Morgan fingerprint density at radius 3 is 2.90 bits per heavy atom. The average molecular weight is 294 g/mol. The van der Waals surface area contributed by atoms with Crippen molar-refractivity contribution < 1.29 is 9.47 Å². The number of aromatic amines is 1. The molecule has 0 radical (unpaired) electrons. The summed E-state index contributed by atoms with van der Waals surface area (Å²) in [5.41, 5.74) is 2.40. The van der Waals surface area contributed by atoms with Crippen molar-refractivity contribution in [3.05, 3.63) is 17.5 Å². The molecular formula is C15H26N4O2. The van der Waals surface area contributed by atoms with Crippen molar-refractivity contribution in [2.24, 2.45) is 5.92 Å². The van der Waals surface area contributed by atoms with Crippen molar-refractivity contribution in [3.63, 3.8) is 0 Å². The van der Waals surface area contributed by atoms with Gasteiger partial charge in [-0.15, -0.1) is 0 Å². The molecule has 0 amide bonds. The van der Waals surface area contributed by atoms with Crippen molar-refractivity contribution in [2.75, 3.05) is 46.1 Å². The van der Waals surface area contributed by atoms with Gasteiger partial charge in [-0.2, -0.15) is 5.10 Å². The maximum absolute atomic E-state index is 5.60. The normalized spacial score (nSPS) is 25.3. The van der Waals surface area contributed by atoms with Crippen molar-refractivity contribution in [3.8, 4) is 0 Å². The molecule has 2 N–H and O–H groups in total. The molecule has 0 aliphatic carbocycles. The second kappa shape index (κ2) is 7.35. The van der Waals surface area contributed by atoms with E-state index in [4.69, 9.17) is 9.47 Å². The SMILES string of the molecule is Cc1[nH]ncc1CNCC(C1CCOC1)N1CCOCC1. The molecule has 2 aliphatic rings. The molecular weight excluding hydrogens is 268 g/mol. The number of aryl methyl sites for hydroxylation is 1. The van der Waals surface area contributed by atoms with Gasteiger partial charge in [0, 0.05) is 56.0 Å². The summed E-state index contributed by atoms with van der Waals surface area (Å²) >= 11 is 0. The Hall–Kier alpha value is -0.950. The van der Waals surface area contributed by atoms with E-state index < -0.39 is 0 Å². The third-order valence-corrected chi connectivity index (χ3v) is 4.63. The number of hydrogen-bond acceptors (Lipinski definition) is 5. The first kappa shape index (κ1) is 15.0. The van der Waals surface area contributed by atoms with E-state index in [0.29, 0.717) is 12.0 Å². The first-order valence-electron chi connectivity index (χ1n) is 7.93. The van der Waals surface area contributed by atoms with Gasteiger partial charge in [0.05, 0.1) is 26.0 Å². The summed E-state index contributed by atoms with van der Waals surface area (Å²) < 4.78 is 11.1. The lowest BCUT2D eigenvalue weighted by Crippen LogP contribution is -2.51. The van der Waals surface area contributed by atoms with Gasteiger partial charge < -0.3 is 14.8 Å². The summed E-state index contributed by atoms with van der Waals surface area (Å²) in [6, 6.07) is 0.545. The molecule has 0 aromatic carbocycles. The molecule has 6 heteroatoms. The van der Waals surface area contributed by atoms with Crippen LogP contribution < -0.4 is 5.32 Å². The van der Waals surface area contributed by atoms with E-state index in [-0.39, 0.29) is 0 Å². The van der Waals surface area contributed by atoms with Gasteiger partial charge in [-0.1, -0.05) is 0 Å². The Kier molecular flexibility index (Phi) is 5.24. The Morgan fingerprint density at radius 1 is 1.38 bits per heavy atom. The molecule has 3 rings (SSSR count). The number of nitrogens with one attached hydrogen (secondary N) is 2. The second-order valence-corrected chi connectivity index (χ2v) is 5.99. The van der Waals surface area contributed by atoms with Crippen molar-refractivity contribution >= 4 is 0 Å². The fourth-order valence-corrected chi connectivity index (χ4v) is 3.27. The maximum atomic E-state index is 5.60. The highest BCUT2D eigenvalue weighted by Crippen LogP contribution is 2.22. The Bertz CT molecular complexity index is 425. The van der Waals surface area contributed by atoms with Crippen LogP contribution in [0.1, 0.15) is 17.7 Å². The van der Waals surface area contributed by atoms with Gasteiger partial charge in [0.15, 0.2) is 0 Å². The highest BCUT2D eigenvalue weighted by atomic mass is 16.5. The number of H-pyrrole nitrogens is 1. The van der Waals surface area contributed by atoms with Gasteiger partial charge in [-0.3, -0.25) is 10.00 Å². The van der Waals surface area contributed by atoms with E-state index in [2.05, 4.69) is 27.3 Å². The van der Waals surface area contributed by atoms with Gasteiger partial charge in [0.1, 0.15) is 0 Å². The summed E-state index contributed by atoms with van der Waals surface area (Å²) in [6.45, 7) is 9.52. The molecule has 1 aromatic rings. The molecule has 2 unspecified atom stereocenters. The van der Waals surface area contributed by atoms with Crippen LogP contribution in [0, 0.1) is 12.8 Å². The summed E-state index contributed by atoms with van der Waals surface area (Å²) in [4.78, 5) is 2.57. The number of morpholine rings is 1. The van der Waals surface area contributed by atoms with Crippen LogP contribution in [0.15, 0.2) is 6.20 Å². The van der Waals surface area contributed by atoms with E-state index in [0.717, 1.165) is 58.3 Å². The number of nitrogens with zero attached hydrogens (tertiary/aromatic N) is 2. The van der Waals surface area contributed by atoms with Crippen molar-refractivity contribution in [2.45, 2.75) is 25.9 Å². The largest absolute Gasteiger partial charge is 0.381 e. The van der Waals surface area contributed by atoms with Crippen LogP contribution in [0.5, 0.6) is 0 Å². The van der Waals surface area contributed by atoms with Gasteiger partial charge >= 0.3 is 0 Å². The smallest absolute Gasteiger partial charge is 0.0594 e. The molecule has 2 saturated heterocycles. The van der Waals surface area contributed by atoms with E-state index in [9.17, 15) is 0 Å². The fraction of sp³-hybridized carbons (Fsp3) is 0.800. The summed E-state index contributed by atoms with van der Waals surface area (Å²) in [5, 5.41) is 10.7. The molecule has 2 aliphatic heterocycles. The highest BCUT2D eigenvalue weighted by Gasteiger charge is 2.31. The lowest BCUT2D eigenvalue weighted by atomic mass is 9.97. The third kappa shape index (κ3) is 3.83. The zero-order valence-electron chi connectivity index (χ0n) is 12.8. The first-order chi connectivity index (χ1) is 10.3. The molecule has 2 fully saturated rings. The van der Waals surface area contributed by atoms with Gasteiger partial charge in [-0.05, 0) is 13.3 Å². The van der Waals surface area contributed by atoms with Crippen LogP contribution in [0.2, 0.25) is 0 Å². The van der Waals surface area contributed by atoms with Gasteiger partial charge in [-0.25, -0.2) is 0 Å². The molecule has 6 nitrogen and oxygen atoms in total. The summed E-state index contributed by atoms with van der Waals surface area (Å²) in [7, 11) is 0. The summed E-state index contributed by atoms with van der Waals surface area (Å²) in [6.07, 6.45) is 3.08. The lowest BCUT2D eigenvalue weighted by molar-refractivity contribution is 0.00137. The van der Waals surface area contributed by atoms with Crippen LogP contribution in [-0.4, -0.2) is 67.2 Å². The highest BCUT2D eigenvalue weighted by molar-refractivity contribution is 5.13. The quantitative estimate of drug-likeness (QED) is 0.802. The zero-order valence-corrected chi connectivity index (χ0v) is 12.8. The Morgan fingerprint density at radius 2 is 2.24 bits per heavy atom. The second-order valence-electron chi connectivity index (χ2n) is 5.99. The maximum Gasteiger partial charge on any atom is 0.0594 e. The lowest BCUT2D eigenvalue weighted by Gasteiger charge is -2.37. The number of ether oxygens (including phenoxy) is 2. The third-order valence-electron chi connectivity index (χ3n) is 4.63. The van der Waals surface area contributed by atoms with Crippen LogP contribution in [-0.2, 0) is 16.0 Å². The average Bonchev–Trinajstić information content (AvgIpc) is 3.17. The van der Waals surface area contributed by atoms with E-state index in [1.54, 1.807) is 0 Å². The standard InChI is InChI=1S/C15H26N4O2/c1-12-14(9-17-18-12)8-16-10-15(13-2-5-21-11-13)19-3-6-20-7-4-19/h9,13,15-16H,2-8,10-11H2,1H3,(H,17,18). The van der Waals surface area contributed by atoms with Crippen LogP contribution in [0.4, 0.5) is 0 Å². The number of hydrogen-bond donors (Lipinski definition) is 2. The summed E-state index contributed by atoms with van der Waals surface area (Å²) in [5.74, 6) is 0.640. The predicted molar refractivity (Wildman–Crippen MR) is 80.1 cm³/mol. The number of rotatable bonds is 6. The molecule has 3 heterocycles. The van der Waals surface area contributed by atoms with Crippen molar-refractivity contribution in [1.29, 1.82) is 0 Å². The minimum absolute atomic E-state index is 0.545. The predicted octanol–water partition coefficient (Wildman–Crippen LogP) is 0.545. The fourth-order valence-electron chi connectivity index (χ4n) is 3.27. The molecule has 1 aromatic heterocycles. The van der Waals surface area contributed by atoms with Crippen LogP contribution >= 0.6 is 0 Å². The van der Waals surface area contributed by atoms with E-state index in [1.165, 1.54) is 12.0 Å². The van der Waals surface area contributed by atoms with Crippen LogP contribution in [0.25, 0.3) is 0 Å². The Balaban J connectivity index is 1.55. The molecule has 118 valence electrons. The van der Waals surface area contributed by atoms with E-state index in [1.807, 2.05) is 6.20 Å². The van der Waals surface area contributed by atoms with E-state index >= 15 is 0 Å². The first-order valence-corrected chi connectivity index (χ1v) is 7.93. The molecule has 0 spiro atoms. The van der Waals surface area contributed by atoms with Crippen molar-refractivity contribution in [1.82, 2.24) is 20.4 Å².